The van der Waals surface area contributed by atoms with Crippen molar-refractivity contribution in [2.45, 2.75) is 51.5 Å². The zero-order valence-electron chi connectivity index (χ0n) is 11.3. The van der Waals surface area contributed by atoms with Gasteiger partial charge in [0, 0.05) is 19.1 Å². The van der Waals surface area contributed by atoms with Gasteiger partial charge in [-0.1, -0.05) is 19.8 Å². The Hall–Kier alpha value is -0.0800. The Morgan fingerprint density at radius 1 is 1.31 bits per heavy atom. The Labute approximate surface area is 101 Å². The molecule has 0 aliphatic heterocycles. The van der Waals surface area contributed by atoms with Crippen molar-refractivity contribution in [3.05, 3.63) is 0 Å². The largest absolute Gasteiger partial charge is 0.319 e. The molecule has 2 rings (SSSR count). The highest BCUT2D eigenvalue weighted by Crippen LogP contribution is 2.41. The van der Waals surface area contributed by atoms with Crippen LogP contribution in [0.4, 0.5) is 0 Å². The number of rotatable bonds is 5. The summed E-state index contributed by atoms with van der Waals surface area (Å²) in [6.07, 6.45) is 8.59. The van der Waals surface area contributed by atoms with Crippen molar-refractivity contribution >= 4 is 0 Å². The average Bonchev–Trinajstić information content (AvgIpc) is 3.00. The lowest BCUT2D eigenvalue weighted by molar-refractivity contribution is 0.0907. The van der Waals surface area contributed by atoms with Crippen molar-refractivity contribution in [1.29, 1.82) is 0 Å². The number of hydrogen-bond acceptors (Lipinski definition) is 2. The minimum atomic E-state index is 0.559. The molecule has 0 amide bonds. The number of hydrogen-bond donors (Lipinski definition) is 1. The first-order valence-corrected chi connectivity index (χ1v) is 7.00. The molecule has 2 saturated carbocycles. The van der Waals surface area contributed by atoms with Gasteiger partial charge in [-0.2, -0.15) is 0 Å². The van der Waals surface area contributed by atoms with Gasteiger partial charge in [-0.15, -0.1) is 0 Å². The second-order valence-corrected chi connectivity index (χ2v) is 6.38. The van der Waals surface area contributed by atoms with Crippen LogP contribution in [0.1, 0.15) is 45.4 Å². The molecule has 0 aromatic heterocycles. The highest BCUT2D eigenvalue weighted by molar-refractivity contribution is 4.92. The summed E-state index contributed by atoms with van der Waals surface area (Å²) >= 11 is 0. The lowest BCUT2D eigenvalue weighted by atomic mass is 9.69. The van der Waals surface area contributed by atoms with E-state index >= 15 is 0 Å². The maximum Gasteiger partial charge on any atom is 0.00936 e. The molecular weight excluding hydrogens is 196 g/mol. The molecule has 2 unspecified atom stereocenters. The molecule has 2 heteroatoms. The Kier molecular flexibility index (Phi) is 3.91. The minimum absolute atomic E-state index is 0.559. The number of nitrogens with one attached hydrogen (secondary N) is 1. The Bertz CT molecular complexity index is 221. The van der Waals surface area contributed by atoms with Crippen LogP contribution in [0, 0.1) is 11.3 Å². The quantitative estimate of drug-likeness (QED) is 0.772. The van der Waals surface area contributed by atoms with E-state index in [0.29, 0.717) is 5.41 Å². The van der Waals surface area contributed by atoms with E-state index in [4.69, 9.17) is 0 Å². The standard InChI is InChI=1S/C14H28N2/c1-12-5-4-8-14(9-12,10-15-2)11-16(3)13-6-7-13/h12-13,15H,4-11H2,1-3H3. The fourth-order valence-corrected chi connectivity index (χ4v) is 3.68. The fraction of sp³-hybridized carbons (Fsp3) is 1.00. The molecule has 0 heterocycles. The fourth-order valence-electron chi connectivity index (χ4n) is 3.68. The van der Waals surface area contributed by atoms with Gasteiger partial charge in [0.05, 0.1) is 0 Å². The molecule has 0 radical (unpaired) electrons. The molecular formula is C14H28N2. The van der Waals surface area contributed by atoms with Crippen LogP contribution < -0.4 is 5.32 Å². The van der Waals surface area contributed by atoms with Gasteiger partial charge < -0.3 is 10.2 Å². The smallest absolute Gasteiger partial charge is 0.00936 e. The molecule has 16 heavy (non-hydrogen) atoms. The third kappa shape index (κ3) is 2.98. The zero-order valence-corrected chi connectivity index (χ0v) is 11.3. The molecule has 0 aromatic rings. The molecule has 0 bridgehead atoms. The summed E-state index contributed by atoms with van der Waals surface area (Å²) in [5, 5.41) is 3.44. The first-order valence-electron chi connectivity index (χ1n) is 7.00. The van der Waals surface area contributed by atoms with Crippen LogP contribution in [0.3, 0.4) is 0 Å². The third-order valence-electron chi connectivity index (χ3n) is 4.49. The summed E-state index contributed by atoms with van der Waals surface area (Å²) in [4.78, 5) is 2.62. The monoisotopic (exact) mass is 224 g/mol. The zero-order chi connectivity index (χ0) is 11.6. The van der Waals surface area contributed by atoms with E-state index in [1.54, 1.807) is 0 Å². The summed E-state index contributed by atoms with van der Waals surface area (Å²) in [5.41, 5.74) is 0.559. The molecule has 2 aliphatic carbocycles. The van der Waals surface area contributed by atoms with Crippen molar-refractivity contribution in [2.24, 2.45) is 11.3 Å². The molecule has 2 atom stereocenters. The lowest BCUT2D eigenvalue weighted by Gasteiger charge is -2.42. The summed E-state index contributed by atoms with van der Waals surface area (Å²) < 4.78 is 0. The van der Waals surface area contributed by atoms with Gasteiger partial charge in [0.25, 0.3) is 0 Å². The maximum atomic E-state index is 3.44. The SMILES string of the molecule is CNCC1(CN(C)C2CC2)CCCC(C)C1. The molecule has 0 spiro atoms. The van der Waals surface area contributed by atoms with Crippen molar-refractivity contribution < 1.29 is 0 Å². The molecule has 2 fully saturated rings. The van der Waals surface area contributed by atoms with Crippen LogP contribution in [-0.2, 0) is 0 Å². The van der Waals surface area contributed by atoms with Gasteiger partial charge in [0.15, 0.2) is 0 Å². The van der Waals surface area contributed by atoms with Crippen molar-refractivity contribution in [1.82, 2.24) is 10.2 Å². The van der Waals surface area contributed by atoms with Gasteiger partial charge in [-0.25, -0.2) is 0 Å². The van der Waals surface area contributed by atoms with Gasteiger partial charge in [0.2, 0.25) is 0 Å². The second-order valence-electron chi connectivity index (χ2n) is 6.38. The first-order chi connectivity index (χ1) is 7.65. The van der Waals surface area contributed by atoms with Crippen LogP contribution in [0.25, 0.3) is 0 Å². The molecule has 0 saturated heterocycles. The van der Waals surface area contributed by atoms with Gasteiger partial charge in [-0.05, 0) is 51.1 Å². The van der Waals surface area contributed by atoms with E-state index in [-0.39, 0.29) is 0 Å². The van der Waals surface area contributed by atoms with Crippen LogP contribution in [0.5, 0.6) is 0 Å². The molecule has 2 nitrogen and oxygen atoms in total. The van der Waals surface area contributed by atoms with Crippen LogP contribution in [0.15, 0.2) is 0 Å². The molecule has 1 N–H and O–H groups in total. The minimum Gasteiger partial charge on any atom is -0.319 e. The second kappa shape index (κ2) is 5.05. The van der Waals surface area contributed by atoms with E-state index in [9.17, 15) is 0 Å². The molecule has 94 valence electrons. The highest BCUT2D eigenvalue weighted by atomic mass is 15.2. The topological polar surface area (TPSA) is 15.3 Å². The van der Waals surface area contributed by atoms with E-state index in [1.807, 2.05) is 0 Å². The molecule has 2 aliphatic rings. The number of nitrogens with zero attached hydrogens (tertiary/aromatic N) is 1. The van der Waals surface area contributed by atoms with E-state index < -0.39 is 0 Å². The van der Waals surface area contributed by atoms with Crippen molar-refractivity contribution in [2.75, 3.05) is 27.2 Å². The van der Waals surface area contributed by atoms with Crippen molar-refractivity contribution in [3.8, 4) is 0 Å². The third-order valence-corrected chi connectivity index (χ3v) is 4.49. The van der Waals surface area contributed by atoms with E-state index in [2.05, 4.69) is 31.2 Å². The van der Waals surface area contributed by atoms with Crippen LogP contribution >= 0.6 is 0 Å². The summed E-state index contributed by atoms with van der Waals surface area (Å²) in [5.74, 6) is 0.926. The van der Waals surface area contributed by atoms with E-state index in [0.717, 1.165) is 12.0 Å². The Morgan fingerprint density at radius 2 is 2.06 bits per heavy atom. The summed E-state index contributed by atoms with van der Waals surface area (Å²) in [7, 11) is 4.44. The van der Waals surface area contributed by atoms with Crippen molar-refractivity contribution in [3.63, 3.8) is 0 Å². The predicted molar refractivity (Wildman–Crippen MR) is 69.6 cm³/mol. The summed E-state index contributed by atoms with van der Waals surface area (Å²) in [6.45, 7) is 4.94. The van der Waals surface area contributed by atoms with Crippen LogP contribution in [-0.4, -0.2) is 38.1 Å². The Balaban J connectivity index is 1.95. The lowest BCUT2D eigenvalue weighted by Crippen LogP contribution is -2.45. The van der Waals surface area contributed by atoms with E-state index in [1.165, 1.54) is 51.6 Å². The molecule has 0 aromatic carbocycles. The Morgan fingerprint density at radius 3 is 2.62 bits per heavy atom. The maximum absolute atomic E-state index is 3.44. The predicted octanol–water partition coefficient (Wildman–Crippen LogP) is 2.50. The van der Waals surface area contributed by atoms with Gasteiger partial charge in [0.1, 0.15) is 0 Å². The van der Waals surface area contributed by atoms with Gasteiger partial charge >= 0.3 is 0 Å². The first kappa shape index (κ1) is 12.4. The van der Waals surface area contributed by atoms with Gasteiger partial charge in [-0.3, -0.25) is 0 Å². The van der Waals surface area contributed by atoms with Crippen LogP contribution in [0.2, 0.25) is 0 Å². The highest BCUT2D eigenvalue weighted by Gasteiger charge is 2.38. The normalized spacial score (nSPS) is 35.6. The average molecular weight is 224 g/mol. The summed E-state index contributed by atoms with van der Waals surface area (Å²) in [6, 6.07) is 0.908.